The van der Waals surface area contributed by atoms with Crippen molar-refractivity contribution in [1.29, 1.82) is 0 Å². The molecule has 2 fully saturated rings. The summed E-state index contributed by atoms with van der Waals surface area (Å²) in [4.78, 5) is 0. The Morgan fingerprint density at radius 1 is 0.647 bits per heavy atom. The van der Waals surface area contributed by atoms with E-state index in [-0.39, 0.29) is 0 Å². The molecule has 0 radical (unpaired) electrons. The van der Waals surface area contributed by atoms with Gasteiger partial charge in [-0.2, -0.15) is 11.3 Å². The van der Waals surface area contributed by atoms with E-state index in [2.05, 4.69) is 10.8 Å². The number of thiophene rings is 1. The molecule has 3 rings (SSSR count). The van der Waals surface area contributed by atoms with Gasteiger partial charge in [-0.25, -0.2) is 0 Å². The smallest absolute Gasteiger partial charge is 0.00555 e. The first-order valence-corrected chi connectivity index (χ1v) is 8.45. The van der Waals surface area contributed by atoms with Crippen molar-refractivity contribution in [2.45, 2.75) is 76.0 Å². The van der Waals surface area contributed by atoms with Crippen molar-refractivity contribution in [3.8, 4) is 0 Å². The van der Waals surface area contributed by atoms with Crippen LogP contribution in [-0.4, -0.2) is 0 Å². The lowest BCUT2D eigenvalue weighted by molar-refractivity contribution is 0.420. The van der Waals surface area contributed by atoms with Gasteiger partial charge in [0.2, 0.25) is 0 Å². The summed E-state index contributed by atoms with van der Waals surface area (Å²) in [6.45, 7) is 0. The van der Waals surface area contributed by atoms with Crippen LogP contribution in [0.3, 0.4) is 0 Å². The van der Waals surface area contributed by atoms with Crippen molar-refractivity contribution in [3.05, 3.63) is 21.9 Å². The van der Waals surface area contributed by atoms with E-state index in [4.69, 9.17) is 0 Å². The number of hydrogen-bond acceptors (Lipinski definition) is 1. The molecule has 0 amide bonds. The van der Waals surface area contributed by atoms with Crippen LogP contribution in [0.25, 0.3) is 0 Å². The fourth-order valence-electron chi connectivity index (χ4n) is 3.81. The van der Waals surface area contributed by atoms with Crippen LogP contribution >= 0.6 is 11.3 Å². The van der Waals surface area contributed by atoms with E-state index in [1.165, 1.54) is 64.2 Å². The predicted molar refractivity (Wildman–Crippen MR) is 76.0 cm³/mol. The summed E-state index contributed by atoms with van der Waals surface area (Å²) in [7, 11) is 0. The average Bonchev–Trinajstić information content (AvgIpc) is 2.90. The SMILES string of the molecule is c1scc(C2CCCCC2)c1C1CCCCC1. The van der Waals surface area contributed by atoms with Gasteiger partial charge in [0.15, 0.2) is 0 Å². The minimum atomic E-state index is 0.909. The van der Waals surface area contributed by atoms with Crippen molar-refractivity contribution in [2.24, 2.45) is 0 Å². The van der Waals surface area contributed by atoms with Gasteiger partial charge >= 0.3 is 0 Å². The van der Waals surface area contributed by atoms with Crippen molar-refractivity contribution in [3.63, 3.8) is 0 Å². The topological polar surface area (TPSA) is 0 Å². The summed E-state index contributed by atoms with van der Waals surface area (Å²) in [5, 5.41) is 4.94. The first kappa shape index (κ1) is 11.8. The maximum atomic E-state index is 2.47. The summed E-state index contributed by atoms with van der Waals surface area (Å²) in [5.74, 6) is 1.82. The Labute approximate surface area is 109 Å². The Bertz CT molecular complexity index is 308. The lowest BCUT2D eigenvalue weighted by atomic mass is 9.78. The van der Waals surface area contributed by atoms with Gasteiger partial charge in [-0.15, -0.1) is 0 Å². The van der Waals surface area contributed by atoms with Gasteiger partial charge < -0.3 is 0 Å². The fraction of sp³-hybridized carbons (Fsp3) is 0.750. The molecule has 2 saturated carbocycles. The lowest BCUT2D eigenvalue weighted by Crippen LogP contribution is -2.10. The third-order valence-corrected chi connectivity index (χ3v) is 5.59. The molecule has 17 heavy (non-hydrogen) atoms. The Morgan fingerprint density at radius 2 is 1.06 bits per heavy atom. The molecule has 1 aromatic rings. The molecule has 0 atom stereocenters. The standard InChI is InChI=1S/C16H24S/c1-3-7-13(8-4-1)15-11-17-12-16(15)14-9-5-2-6-10-14/h11-14H,1-10H2. The summed E-state index contributed by atoms with van der Waals surface area (Å²) in [6.07, 6.45) is 14.6. The van der Waals surface area contributed by atoms with E-state index in [0.29, 0.717) is 0 Å². The van der Waals surface area contributed by atoms with E-state index in [9.17, 15) is 0 Å². The summed E-state index contributed by atoms with van der Waals surface area (Å²) >= 11 is 1.95. The highest BCUT2D eigenvalue weighted by Gasteiger charge is 2.24. The average molecular weight is 248 g/mol. The maximum absolute atomic E-state index is 2.47. The van der Waals surface area contributed by atoms with Crippen LogP contribution in [0, 0.1) is 0 Å². The quantitative estimate of drug-likeness (QED) is 0.616. The molecule has 0 aliphatic heterocycles. The Hall–Kier alpha value is -0.300. The van der Waals surface area contributed by atoms with Crippen LogP contribution in [0.4, 0.5) is 0 Å². The highest BCUT2D eigenvalue weighted by Crippen LogP contribution is 2.42. The minimum Gasteiger partial charge on any atom is -0.152 e. The van der Waals surface area contributed by atoms with Gasteiger partial charge in [0, 0.05) is 0 Å². The van der Waals surface area contributed by atoms with E-state index >= 15 is 0 Å². The molecule has 0 spiro atoms. The van der Waals surface area contributed by atoms with Gasteiger partial charge in [-0.3, -0.25) is 0 Å². The van der Waals surface area contributed by atoms with Crippen molar-refractivity contribution >= 4 is 11.3 Å². The van der Waals surface area contributed by atoms with Gasteiger partial charge in [-0.05, 0) is 59.4 Å². The monoisotopic (exact) mass is 248 g/mol. The van der Waals surface area contributed by atoms with E-state index in [0.717, 1.165) is 11.8 Å². The molecule has 1 heterocycles. The zero-order valence-corrected chi connectivity index (χ0v) is 11.6. The highest BCUT2D eigenvalue weighted by molar-refractivity contribution is 7.08. The summed E-state index contributed by atoms with van der Waals surface area (Å²) in [5.41, 5.74) is 3.50. The lowest BCUT2D eigenvalue weighted by Gasteiger charge is -2.27. The Kier molecular flexibility index (Phi) is 3.85. The summed E-state index contributed by atoms with van der Waals surface area (Å²) in [6, 6.07) is 0. The van der Waals surface area contributed by atoms with E-state index in [1.807, 2.05) is 11.3 Å². The second-order valence-electron chi connectivity index (χ2n) is 5.95. The molecule has 0 aromatic carbocycles. The first-order valence-electron chi connectivity index (χ1n) is 7.51. The van der Waals surface area contributed by atoms with Crippen molar-refractivity contribution in [2.75, 3.05) is 0 Å². The van der Waals surface area contributed by atoms with Crippen LogP contribution in [0.1, 0.15) is 87.2 Å². The largest absolute Gasteiger partial charge is 0.152 e. The third-order valence-electron chi connectivity index (χ3n) is 4.81. The zero-order valence-electron chi connectivity index (χ0n) is 10.8. The van der Waals surface area contributed by atoms with Gasteiger partial charge in [-0.1, -0.05) is 38.5 Å². The first-order chi connectivity index (χ1) is 8.45. The molecule has 1 aromatic heterocycles. The molecule has 0 unspecified atom stereocenters. The highest BCUT2D eigenvalue weighted by atomic mass is 32.1. The van der Waals surface area contributed by atoms with Crippen molar-refractivity contribution in [1.82, 2.24) is 0 Å². The van der Waals surface area contributed by atoms with Crippen LogP contribution in [0.5, 0.6) is 0 Å². The molecule has 94 valence electrons. The van der Waals surface area contributed by atoms with Crippen LogP contribution < -0.4 is 0 Å². The second kappa shape index (κ2) is 5.56. The molecule has 0 saturated heterocycles. The van der Waals surface area contributed by atoms with Crippen LogP contribution in [0.2, 0.25) is 0 Å². The zero-order chi connectivity index (χ0) is 11.5. The Morgan fingerprint density at radius 3 is 1.47 bits per heavy atom. The molecule has 0 nitrogen and oxygen atoms in total. The molecule has 2 aliphatic rings. The van der Waals surface area contributed by atoms with Crippen molar-refractivity contribution < 1.29 is 0 Å². The molecular weight excluding hydrogens is 224 g/mol. The number of rotatable bonds is 2. The van der Waals surface area contributed by atoms with Gasteiger partial charge in [0.1, 0.15) is 0 Å². The van der Waals surface area contributed by atoms with Crippen LogP contribution in [0.15, 0.2) is 10.8 Å². The van der Waals surface area contributed by atoms with Gasteiger partial charge in [0.25, 0.3) is 0 Å². The normalized spacial score (nSPS) is 24.0. The summed E-state index contributed by atoms with van der Waals surface area (Å²) < 4.78 is 0. The molecule has 0 bridgehead atoms. The molecule has 2 aliphatic carbocycles. The van der Waals surface area contributed by atoms with E-state index < -0.39 is 0 Å². The third kappa shape index (κ3) is 2.59. The minimum absolute atomic E-state index is 0.909. The Balaban J connectivity index is 1.77. The molecule has 0 N–H and O–H groups in total. The fourth-order valence-corrected chi connectivity index (χ4v) is 4.83. The predicted octanol–water partition coefficient (Wildman–Crippen LogP) is 5.84. The maximum Gasteiger partial charge on any atom is -0.00555 e. The number of hydrogen-bond donors (Lipinski definition) is 0. The van der Waals surface area contributed by atoms with E-state index in [1.54, 1.807) is 11.1 Å². The van der Waals surface area contributed by atoms with Gasteiger partial charge in [0.05, 0.1) is 0 Å². The van der Waals surface area contributed by atoms with Crippen LogP contribution in [-0.2, 0) is 0 Å². The second-order valence-corrected chi connectivity index (χ2v) is 6.70. The molecular formula is C16H24S. The molecule has 1 heteroatoms.